The minimum Gasteiger partial charge on any atom is -0.476 e. The zero-order valence-electron chi connectivity index (χ0n) is 13.4. The number of aliphatic imine (C=N–C) groups is 1. The maximum atomic E-state index is 12.9. The molecule has 0 radical (unpaired) electrons. The zero-order chi connectivity index (χ0) is 17.0. The molecule has 1 heterocycles. The first-order valence-corrected chi connectivity index (χ1v) is 8.97. The van der Waals surface area contributed by atoms with Crippen LogP contribution in [0.2, 0.25) is 0 Å². The summed E-state index contributed by atoms with van der Waals surface area (Å²) in [4.78, 5) is 17.5. The van der Waals surface area contributed by atoms with Gasteiger partial charge in [0.25, 0.3) is 0 Å². The number of amides is 1. The summed E-state index contributed by atoms with van der Waals surface area (Å²) in [6.45, 7) is 1.88. The van der Waals surface area contributed by atoms with E-state index in [1.54, 1.807) is 0 Å². The highest BCUT2D eigenvalue weighted by Crippen LogP contribution is 2.38. The van der Waals surface area contributed by atoms with Crippen molar-refractivity contribution >= 4 is 39.1 Å². The van der Waals surface area contributed by atoms with Gasteiger partial charge in [0.1, 0.15) is 11.5 Å². The molecule has 0 spiro atoms. The second kappa shape index (κ2) is 7.18. The molecule has 1 N–H and O–H groups in total. The summed E-state index contributed by atoms with van der Waals surface area (Å²) < 4.78 is 5.93. The SMILES string of the molecule is C[C@@]1(C(=O)Nc2ccccc2)CC(CBr)OC1=Nc1ccccc1. The highest BCUT2D eigenvalue weighted by Gasteiger charge is 2.49. The first-order valence-electron chi connectivity index (χ1n) is 7.85. The normalized spacial score (nSPS) is 24.6. The van der Waals surface area contributed by atoms with Crippen LogP contribution in [-0.4, -0.2) is 23.2 Å². The van der Waals surface area contributed by atoms with E-state index < -0.39 is 5.41 Å². The largest absolute Gasteiger partial charge is 0.476 e. The smallest absolute Gasteiger partial charge is 0.239 e. The van der Waals surface area contributed by atoms with Crippen LogP contribution in [0.5, 0.6) is 0 Å². The number of halogens is 1. The minimum absolute atomic E-state index is 0.0704. The molecule has 0 bridgehead atoms. The van der Waals surface area contributed by atoms with E-state index in [0.717, 1.165) is 11.4 Å². The van der Waals surface area contributed by atoms with Gasteiger partial charge in [0.05, 0.1) is 5.69 Å². The molecule has 0 saturated carbocycles. The maximum absolute atomic E-state index is 12.9. The monoisotopic (exact) mass is 386 g/mol. The van der Waals surface area contributed by atoms with Crippen molar-refractivity contribution in [1.29, 1.82) is 0 Å². The van der Waals surface area contributed by atoms with Crippen molar-refractivity contribution in [1.82, 2.24) is 0 Å². The lowest BCUT2D eigenvalue weighted by Gasteiger charge is -2.21. The van der Waals surface area contributed by atoms with Crippen molar-refractivity contribution in [2.24, 2.45) is 10.4 Å². The number of ether oxygens (including phenoxy) is 1. The van der Waals surface area contributed by atoms with Crippen molar-refractivity contribution < 1.29 is 9.53 Å². The highest BCUT2D eigenvalue weighted by atomic mass is 79.9. The van der Waals surface area contributed by atoms with Crippen LogP contribution in [0.15, 0.2) is 65.7 Å². The van der Waals surface area contributed by atoms with Gasteiger partial charge in [-0.2, -0.15) is 0 Å². The quantitative estimate of drug-likeness (QED) is 0.783. The van der Waals surface area contributed by atoms with Crippen molar-refractivity contribution in [2.45, 2.75) is 19.4 Å². The predicted molar refractivity (Wildman–Crippen MR) is 100.0 cm³/mol. The van der Waals surface area contributed by atoms with Crippen molar-refractivity contribution in [2.75, 3.05) is 10.6 Å². The van der Waals surface area contributed by atoms with E-state index in [1.807, 2.05) is 67.6 Å². The molecule has 0 aromatic heterocycles. The summed E-state index contributed by atoms with van der Waals surface area (Å²) in [5.74, 6) is 0.360. The Kier molecular flexibility index (Phi) is 5.00. The number of carbonyl (C=O) groups is 1. The fourth-order valence-electron chi connectivity index (χ4n) is 2.71. The number of para-hydroxylation sites is 2. The average molecular weight is 387 g/mol. The molecule has 4 nitrogen and oxygen atoms in total. The maximum Gasteiger partial charge on any atom is 0.239 e. The van der Waals surface area contributed by atoms with Crippen LogP contribution in [0.4, 0.5) is 11.4 Å². The average Bonchev–Trinajstić information content (AvgIpc) is 2.94. The third-order valence-electron chi connectivity index (χ3n) is 4.08. The lowest BCUT2D eigenvalue weighted by atomic mass is 9.85. The molecule has 2 aromatic rings. The van der Waals surface area contributed by atoms with E-state index >= 15 is 0 Å². The molecule has 1 aliphatic heterocycles. The zero-order valence-corrected chi connectivity index (χ0v) is 15.0. The molecule has 3 rings (SSSR count). The van der Waals surface area contributed by atoms with Crippen LogP contribution in [0.1, 0.15) is 13.3 Å². The molecular formula is C19H19BrN2O2. The fourth-order valence-corrected chi connectivity index (χ4v) is 3.07. The summed E-state index contributed by atoms with van der Waals surface area (Å²) in [5.41, 5.74) is 0.746. The van der Waals surface area contributed by atoms with Gasteiger partial charge in [0, 0.05) is 17.4 Å². The Morgan fingerprint density at radius 3 is 2.46 bits per heavy atom. The molecule has 2 aromatic carbocycles. The predicted octanol–water partition coefficient (Wildman–Crippen LogP) is 4.55. The molecular weight excluding hydrogens is 368 g/mol. The third kappa shape index (κ3) is 3.51. The van der Waals surface area contributed by atoms with Crippen molar-refractivity contribution in [3.05, 3.63) is 60.7 Å². The number of rotatable bonds is 4. The Balaban J connectivity index is 1.89. The molecule has 5 heteroatoms. The second-order valence-electron chi connectivity index (χ2n) is 6.00. The van der Waals surface area contributed by atoms with E-state index in [-0.39, 0.29) is 12.0 Å². The van der Waals surface area contributed by atoms with Gasteiger partial charge in [-0.3, -0.25) is 4.79 Å². The van der Waals surface area contributed by atoms with Crippen LogP contribution in [0.25, 0.3) is 0 Å². The van der Waals surface area contributed by atoms with Gasteiger partial charge < -0.3 is 10.1 Å². The number of anilines is 1. The van der Waals surface area contributed by atoms with Gasteiger partial charge >= 0.3 is 0 Å². The number of hydrogen-bond donors (Lipinski definition) is 1. The molecule has 1 saturated heterocycles. The summed E-state index contributed by atoms with van der Waals surface area (Å²) in [6, 6.07) is 19.0. The van der Waals surface area contributed by atoms with Gasteiger partial charge in [-0.1, -0.05) is 52.3 Å². The number of hydrogen-bond acceptors (Lipinski definition) is 3. The number of nitrogens with one attached hydrogen (secondary N) is 1. The molecule has 0 aliphatic carbocycles. The molecule has 124 valence electrons. The van der Waals surface area contributed by atoms with Crippen LogP contribution in [-0.2, 0) is 9.53 Å². The Morgan fingerprint density at radius 1 is 1.21 bits per heavy atom. The van der Waals surface area contributed by atoms with Gasteiger partial charge in [0.15, 0.2) is 0 Å². The van der Waals surface area contributed by atoms with Crippen LogP contribution in [0, 0.1) is 5.41 Å². The summed E-state index contributed by atoms with van der Waals surface area (Å²) in [5, 5.41) is 3.63. The van der Waals surface area contributed by atoms with E-state index in [2.05, 4.69) is 26.2 Å². The first-order chi connectivity index (χ1) is 11.6. The van der Waals surface area contributed by atoms with Gasteiger partial charge in [-0.15, -0.1) is 0 Å². The standard InChI is InChI=1S/C19H19BrN2O2/c1-19(17(23)21-14-8-4-2-5-9-14)12-16(13-20)24-18(19)22-15-10-6-3-7-11-15/h2-11,16H,12-13H2,1H3,(H,21,23)/t16?,19-/m0/s1. The Morgan fingerprint density at radius 2 is 1.83 bits per heavy atom. The summed E-state index contributed by atoms with van der Waals surface area (Å²) in [6.07, 6.45) is 0.516. The number of alkyl halides is 1. The van der Waals surface area contributed by atoms with E-state index in [9.17, 15) is 4.79 Å². The summed E-state index contributed by atoms with van der Waals surface area (Å²) >= 11 is 3.45. The Labute approximate surface area is 150 Å². The molecule has 24 heavy (non-hydrogen) atoms. The van der Waals surface area contributed by atoms with E-state index in [4.69, 9.17) is 4.74 Å². The highest BCUT2D eigenvalue weighted by molar-refractivity contribution is 9.09. The van der Waals surface area contributed by atoms with Crippen molar-refractivity contribution in [3.8, 4) is 0 Å². The summed E-state index contributed by atoms with van der Waals surface area (Å²) in [7, 11) is 0. The number of nitrogens with zero attached hydrogens (tertiary/aromatic N) is 1. The van der Waals surface area contributed by atoms with Crippen LogP contribution >= 0.6 is 15.9 Å². The number of carbonyl (C=O) groups excluding carboxylic acids is 1. The molecule has 1 unspecified atom stereocenters. The van der Waals surface area contributed by atoms with E-state index in [0.29, 0.717) is 17.6 Å². The van der Waals surface area contributed by atoms with E-state index in [1.165, 1.54) is 0 Å². The molecule has 1 amide bonds. The van der Waals surface area contributed by atoms with Crippen LogP contribution < -0.4 is 5.32 Å². The van der Waals surface area contributed by atoms with Gasteiger partial charge in [0.2, 0.25) is 11.8 Å². The lowest BCUT2D eigenvalue weighted by molar-refractivity contribution is -0.121. The minimum atomic E-state index is -0.801. The Hall–Kier alpha value is -2.14. The lowest BCUT2D eigenvalue weighted by Crippen LogP contribution is -2.37. The topological polar surface area (TPSA) is 50.7 Å². The molecule has 1 fully saturated rings. The second-order valence-corrected chi connectivity index (χ2v) is 6.65. The van der Waals surface area contributed by atoms with Gasteiger partial charge in [-0.25, -0.2) is 4.99 Å². The Bertz CT molecular complexity index is 734. The van der Waals surface area contributed by atoms with Crippen molar-refractivity contribution in [3.63, 3.8) is 0 Å². The van der Waals surface area contributed by atoms with Crippen LogP contribution in [0.3, 0.4) is 0 Å². The molecule has 1 aliphatic rings. The fraction of sp³-hybridized carbons (Fsp3) is 0.263. The van der Waals surface area contributed by atoms with Gasteiger partial charge in [-0.05, 0) is 31.2 Å². The first kappa shape index (κ1) is 16.7. The molecule has 2 atom stereocenters. The number of benzene rings is 2. The third-order valence-corrected chi connectivity index (χ3v) is 4.80.